The molecule has 0 unspecified atom stereocenters. The number of amides is 1. The fourth-order valence-corrected chi connectivity index (χ4v) is 0.859. The van der Waals surface area contributed by atoms with E-state index in [0.717, 1.165) is 5.56 Å². The highest BCUT2D eigenvalue weighted by Gasteiger charge is 2.00. The molecule has 0 aliphatic carbocycles. The Morgan fingerprint density at radius 1 is 1.73 bits per heavy atom. The first-order chi connectivity index (χ1) is 5.25. The van der Waals surface area contributed by atoms with E-state index < -0.39 is 0 Å². The van der Waals surface area contributed by atoms with Crippen LogP contribution in [-0.2, 0) is 4.79 Å². The Morgan fingerprint density at radius 2 is 2.45 bits per heavy atom. The number of rotatable bonds is 2. The molecule has 3 nitrogen and oxygen atoms in total. The zero-order valence-electron chi connectivity index (χ0n) is 5.97. The first kappa shape index (κ1) is 8.01. The lowest BCUT2D eigenvalue weighted by molar-refractivity contribution is -0.105. The van der Waals surface area contributed by atoms with Gasteiger partial charge >= 0.3 is 0 Å². The average molecular weight is 171 g/mol. The molecule has 0 radical (unpaired) electrons. The summed E-state index contributed by atoms with van der Waals surface area (Å²) in [6.07, 6.45) is 2.12. The molecule has 11 heavy (non-hydrogen) atoms. The van der Waals surface area contributed by atoms with Gasteiger partial charge in [0.2, 0.25) is 6.41 Å². The maximum atomic E-state index is 10.0. The van der Waals surface area contributed by atoms with Crippen molar-refractivity contribution in [3.05, 3.63) is 22.8 Å². The second-order valence-electron chi connectivity index (χ2n) is 2.03. The number of pyridine rings is 1. The van der Waals surface area contributed by atoms with Crippen molar-refractivity contribution >= 4 is 23.8 Å². The van der Waals surface area contributed by atoms with Gasteiger partial charge in [-0.1, -0.05) is 11.6 Å². The number of hydrogen-bond acceptors (Lipinski definition) is 2. The van der Waals surface area contributed by atoms with Crippen LogP contribution in [0.4, 0.5) is 5.82 Å². The molecule has 0 fully saturated rings. The Hall–Kier alpha value is -1.09. The lowest BCUT2D eigenvalue weighted by atomic mass is 10.3. The number of anilines is 1. The molecule has 0 aliphatic rings. The van der Waals surface area contributed by atoms with Gasteiger partial charge in [0.25, 0.3) is 0 Å². The predicted molar refractivity (Wildman–Crippen MR) is 43.7 cm³/mol. The van der Waals surface area contributed by atoms with E-state index in [2.05, 4.69) is 10.3 Å². The summed E-state index contributed by atoms with van der Waals surface area (Å²) in [5.74, 6) is 0.507. The van der Waals surface area contributed by atoms with E-state index in [0.29, 0.717) is 17.3 Å². The molecule has 0 atom stereocenters. The van der Waals surface area contributed by atoms with Crippen LogP contribution in [0.25, 0.3) is 0 Å². The standard InChI is InChI=1S/C7H7ClN2O/c1-5-6(8)2-3-9-7(5)10-4-11/h2-4H,1H3,(H,9,10,11). The Kier molecular flexibility index (Phi) is 2.44. The summed E-state index contributed by atoms with van der Waals surface area (Å²) in [4.78, 5) is 13.9. The molecule has 1 aromatic heterocycles. The Morgan fingerprint density at radius 3 is 3.09 bits per heavy atom. The molecular weight excluding hydrogens is 164 g/mol. The third-order valence-corrected chi connectivity index (χ3v) is 1.74. The fraction of sp³-hybridized carbons (Fsp3) is 0.143. The summed E-state index contributed by atoms with van der Waals surface area (Å²) < 4.78 is 0. The molecule has 1 amide bonds. The molecule has 0 aromatic carbocycles. The van der Waals surface area contributed by atoms with Crippen molar-refractivity contribution < 1.29 is 4.79 Å². The van der Waals surface area contributed by atoms with Crippen molar-refractivity contribution in [2.24, 2.45) is 0 Å². The van der Waals surface area contributed by atoms with Gasteiger partial charge in [-0.15, -0.1) is 0 Å². The lowest BCUT2D eigenvalue weighted by Crippen LogP contribution is -1.98. The topological polar surface area (TPSA) is 42.0 Å². The number of nitrogens with one attached hydrogen (secondary N) is 1. The van der Waals surface area contributed by atoms with Gasteiger partial charge in [-0.3, -0.25) is 4.79 Å². The number of carbonyl (C=O) groups is 1. The van der Waals surface area contributed by atoms with Gasteiger partial charge in [0.1, 0.15) is 5.82 Å². The summed E-state index contributed by atoms with van der Waals surface area (Å²) in [5, 5.41) is 3.04. The molecule has 1 heterocycles. The van der Waals surface area contributed by atoms with E-state index >= 15 is 0 Å². The van der Waals surface area contributed by atoms with Crippen molar-refractivity contribution in [1.29, 1.82) is 0 Å². The summed E-state index contributed by atoms with van der Waals surface area (Å²) in [6, 6.07) is 1.67. The van der Waals surface area contributed by atoms with Gasteiger partial charge in [-0.05, 0) is 13.0 Å². The SMILES string of the molecule is Cc1c(Cl)ccnc1NC=O. The average Bonchev–Trinajstić information content (AvgIpc) is 1.99. The van der Waals surface area contributed by atoms with Crippen LogP contribution < -0.4 is 5.32 Å². The van der Waals surface area contributed by atoms with Crippen molar-refractivity contribution in [1.82, 2.24) is 4.98 Å². The van der Waals surface area contributed by atoms with Crippen molar-refractivity contribution in [2.45, 2.75) is 6.92 Å². The largest absolute Gasteiger partial charge is 0.313 e. The van der Waals surface area contributed by atoms with E-state index in [1.165, 1.54) is 0 Å². The molecule has 0 bridgehead atoms. The smallest absolute Gasteiger partial charge is 0.212 e. The van der Waals surface area contributed by atoms with E-state index in [9.17, 15) is 4.79 Å². The number of aromatic nitrogens is 1. The minimum Gasteiger partial charge on any atom is -0.313 e. The maximum Gasteiger partial charge on any atom is 0.212 e. The number of halogens is 1. The fourth-order valence-electron chi connectivity index (χ4n) is 0.714. The van der Waals surface area contributed by atoms with Crippen LogP contribution in [0.2, 0.25) is 5.02 Å². The van der Waals surface area contributed by atoms with E-state index in [1.54, 1.807) is 19.2 Å². The van der Waals surface area contributed by atoms with Gasteiger partial charge in [0.15, 0.2) is 0 Å². The quantitative estimate of drug-likeness (QED) is 0.686. The number of nitrogens with zero attached hydrogens (tertiary/aromatic N) is 1. The first-order valence-electron chi connectivity index (χ1n) is 3.07. The van der Waals surface area contributed by atoms with Gasteiger partial charge in [0, 0.05) is 16.8 Å². The van der Waals surface area contributed by atoms with Crippen LogP contribution in [0, 0.1) is 6.92 Å². The summed E-state index contributed by atoms with van der Waals surface area (Å²) in [6.45, 7) is 1.79. The van der Waals surface area contributed by atoms with Gasteiger partial charge in [0.05, 0.1) is 0 Å². The Balaban J connectivity index is 3.05. The molecule has 0 saturated carbocycles. The summed E-state index contributed by atoms with van der Waals surface area (Å²) >= 11 is 5.75. The molecule has 1 rings (SSSR count). The Bertz CT molecular complexity index is 275. The number of carbonyl (C=O) groups excluding carboxylic acids is 1. The summed E-state index contributed by atoms with van der Waals surface area (Å²) in [7, 11) is 0. The molecule has 0 aliphatic heterocycles. The zero-order valence-corrected chi connectivity index (χ0v) is 6.72. The second-order valence-corrected chi connectivity index (χ2v) is 2.44. The third-order valence-electron chi connectivity index (χ3n) is 1.33. The Labute approximate surface area is 69.4 Å². The van der Waals surface area contributed by atoms with E-state index in [4.69, 9.17) is 11.6 Å². The van der Waals surface area contributed by atoms with Gasteiger partial charge in [-0.2, -0.15) is 0 Å². The minimum absolute atomic E-state index is 0.507. The van der Waals surface area contributed by atoms with Crippen LogP contribution in [0.3, 0.4) is 0 Å². The molecule has 58 valence electrons. The third kappa shape index (κ3) is 1.68. The highest BCUT2D eigenvalue weighted by molar-refractivity contribution is 6.31. The highest BCUT2D eigenvalue weighted by atomic mass is 35.5. The second kappa shape index (κ2) is 3.34. The van der Waals surface area contributed by atoms with Gasteiger partial charge in [-0.25, -0.2) is 4.98 Å². The predicted octanol–water partition coefficient (Wildman–Crippen LogP) is 1.61. The highest BCUT2D eigenvalue weighted by Crippen LogP contribution is 2.19. The molecule has 4 heteroatoms. The van der Waals surface area contributed by atoms with Crippen molar-refractivity contribution in [3.63, 3.8) is 0 Å². The van der Waals surface area contributed by atoms with Gasteiger partial charge < -0.3 is 5.32 Å². The zero-order chi connectivity index (χ0) is 8.27. The molecule has 1 aromatic rings. The van der Waals surface area contributed by atoms with Crippen LogP contribution in [0.5, 0.6) is 0 Å². The molecular formula is C7H7ClN2O. The minimum atomic E-state index is 0.507. The number of hydrogen-bond donors (Lipinski definition) is 1. The van der Waals surface area contributed by atoms with Crippen molar-refractivity contribution in [3.8, 4) is 0 Å². The van der Waals surface area contributed by atoms with Crippen LogP contribution in [-0.4, -0.2) is 11.4 Å². The summed E-state index contributed by atoms with van der Waals surface area (Å²) in [5.41, 5.74) is 0.779. The van der Waals surface area contributed by atoms with Crippen LogP contribution in [0.1, 0.15) is 5.56 Å². The van der Waals surface area contributed by atoms with E-state index in [1.807, 2.05) is 0 Å². The van der Waals surface area contributed by atoms with Crippen LogP contribution >= 0.6 is 11.6 Å². The molecule has 1 N–H and O–H groups in total. The van der Waals surface area contributed by atoms with Crippen LogP contribution in [0.15, 0.2) is 12.3 Å². The molecule has 0 saturated heterocycles. The normalized spacial score (nSPS) is 9.27. The van der Waals surface area contributed by atoms with E-state index in [-0.39, 0.29) is 0 Å². The first-order valence-corrected chi connectivity index (χ1v) is 3.45. The lowest BCUT2D eigenvalue weighted by Gasteiger charge is -2.02. The monoisotopic (exact) mass is 170 g/mol. The molecule has 0 spiro atoms. The maximum absolute atomic E-state index is 10.0. The van der Waals surface area contributed by atoms with Crippen molar-refractivity contribution in [2.75, 3.05) is 5.32 Å².